The second kappa shape index (κ2) is 5.69. The van der Waals surface area contributed by atoms with Crippen LogP contribution < -0.4 is 0 Å². The van der Waals surface area contributed by atoms with E-state index in [0.717, 1.165) is 10.7 Å². The number of aryl methyl sites for hydroxylation is 1. The normalized spacial score (nSPS) is 22.4. The van der Waals surface area contributed by atoms with Crippen LogP contribution in [-0.2, 0) is 16.1 Å². The summed E-state index contributed by atoms with van der Waals surface area (Å²) in [7, 11) is 1.76. The predicted molar refractivity (Wildman–Crippen MR) is 71.8 cm³/mol. The molecule has 0 spiro atoms. The SMILES string of the molecule is Cc1nc(CN(C)C(=O)[C@@H]2CC[C@H](C(=O)O)C2)cs1. The minimum atomic E-state index is -0.784. The number of amides is 1. The molecule has 1 amide bonds. The van der Waals surface area contributed by atoms with E-state index in [-0.39, 0.29) is 17.7 Å². The Balaban J connectivity index is 1.91. The Morgan fingerprint density at radius 1 is 1.47 bits per heavy atom. The number of aromatic nitrogens is 1. The molecule has 2 atom stereocenters. The van der Waals surface area contributed by atoms with Gasteiger partial charge < -0.3 is 10.0 Å². The van der Waals surface area contributed by atoms with Crippen molar-refractivity contribution in [3.05, 3.63) is 16.1 Å². The zero-order valence-corrected chi connectivity index (χ0v) is 11.9. The van der Waals surface area contributed by atoms with Crippen LogP contribution in [0.3, 0.4) is 0 Å². The van der Waals surface area contributed by atoms with Crippen molar-refractivity contribution in [2.75, 3.05) is 7.05 Å². The zero-order chi connectivity index (χ0) is 14.0. The van der Waals surface area contributed by atoms with E-state index in [2.05, 4.69) is 4.98 Å². The molecule has 1 aromatic heterocycles. The minimum absolute atomic E-state index is 0.0365. The third kappa shape index (κ3) is 3.32. The first-order chi connectivity index (χ1) is 8.97. The van der Waals surface area contributed by atoms with Gasteiger partial charge in [0.2, 0.25) is 5.91 Å². The van der Waals surface area contributed by atoms with Crippen LogP contribution >= 0.6 is 11.3 Å². The lowest BCUT2D eigenvalue weighted by atomic mass is 10.0. The lowest BCUT2D eigenvalue weighted by Gasteiger charge is -2.20. The number of nitrogens with zero attached hydrogens (tertiary/aromatic N) is 2. The highest BCUT2D eigenvalue weighted by atomic mass is 32.1. The molecule has 1 N–H and O–H groups in total. The van der Waals surface area contributed by atoms with Gasteiger partial charge in [-0.2, -0.15) is 0 Å². The van der Waals surface area contributed by atoms with Crippen LogP contribution in [0.15, 0.2) is 5.38 Å². The van der Waals surface area contributed by atoms with Crippen molar-refractivity contribution in [2.45, 2.75) is 32.7 Å². The van der Waals surface area contributed by atoms with E-state index in [1.807, 2.05) is 12.3 Å². The van der Waals surface area contributed by atoms with Gasteiger partial charge in [-0.05, 0) is 26.2 Å². The molecule has 0 aliphatic heterocycles. The quantitative estimate of drug-likeness (QED) is 0.915. The van der Waals surface area contributed by atoms with E-state index in [4.69, 9.17) is 5.11 Å². The minimum Gasteiger partial charge on any atom is -0.481 e. The van der Waals surface area contributed by atoms with Gasteiger partial charge in [0.15, 0.2) is 0 Å². The van der Waals surface area contributed by atoms with Crippen molar-refractivity contribution < 1.29 is 14.7 Å². The molecule has 0 aromatic carbocycles. The Morgan fingerprint density at radius 2 is 2.16 bits per heavy atom. The molecule has 1 aliphatic carbocycles. The fourth-order valence-electron chi connectivity index (χ4n) is 2.54. The van der Waals surface area contributed by atoms with E-state index in [0.29, 0.717) is 25.8 Å². The number of hydrogen-bond donors (Lipinski definition) is 1. The number of hydrogen-bond acceptors (Lipinski definition) is 4. The first-order valence-electron chi connectivity index (χ1n) is 6.36. The average molecular weight is 282 g/mol. The largest absolute Gasteiger partial charge is 0.481 e. The summed E-state index contributed by atoms with van der Waals surface area (Å²) in [6.45, 7) is 2.43. The number of carboxylic acid groups (broad SMARTS) is 1. The molecule has 19 heavy (non-hydrogen) atoms. The van der Waals surface area contributed by atoms with Crippen LogP contribution in [0.4, 0.5) is 0 Å². The molecule has 1 fully saturated rings. The Hall–Kier alpha value is -1.43. The molecule has 1 aliphatic rings. The smallest absolute Gasteiger partial charge is 0.306 e. The first kappa shape index (κ1) is 14.0. The first-order valence-corrected chi connectivity index (χ1v) is 7.24. The second-order valence-electron chi connectivity index (χ2n) is 5.10. The van der Waals surface area contributed by atoms with Crippen LogP contribution in [0.5, 0.6) is 0 Å². The van der Waals surface area contributed by atoms with Gasteiger partial charge >= 0.3 is 5.97 Å². The van der Waals surface area contributed by atoms with Crippen LogP contribution in [0.2, 0.25) is 0 Å². The molecular weight excluding hydrogens is 264 g/mol. The van der Waals surface area contributed by atoms with Crippen molar-refractivity contribution in [1.29, 1.82) is 0 Å². The van der Waals surface area contributed by atoms with E-state index in [9.17, 15) is 9.59 Å². The lowest BCUT2D eigenvalue weighted by Crippen LogP contribution is -2.31. The van der Waals surface area contributed by atoms with E-state index in [1.54, 1.807) is 23.3 Å². The van der Waals surface area contributed by atoms with Crippen molar-refractivity contribution >= 4 is 23.2 Å². The average Bonchev–Trinajstić information content (AvgIpc) is 2.97. The third-order valence-electron chi connectivity index (χ3n) is 3.57. The van der Waals surface area contributed by atoms with Gasteiger partial charge in [-0.15, -0.1) is 11.3 Å². The molecular formula is C13H18N2O3S. The number of carbonyl (C=O) groups is 2. The topological polar surface area (TPSA) is 70.5 Å². The van der Waals surface area contributed by atoms with Crippen molar-refractivity contribution in [1.82, 2.24) is 9.88 Å². The summed E-state index contributed by atoms with van der Waals surface area (Å²) in [6, 6.07) is 0. The Kier molecular flexibility index (Phi) is 4.19. The van der Waals surface area contributed by atoms with Crippen LogP contribution in [0.25, 0.3) is 0 Å². The van der Waals surface area contributed by atoms with Crippen molar-refractivity contribution in [3.8, 4) is 0 Å². The Labute approximate surface area is 116 Å². The zero-order valence-electron chi connectivity index (χ0n) is 11.1. The number of carbonyl (C=O) groups excluding carboxylic acids is 1. The Morgan fingerprint density at radius 3 is 2.68 bits per heavy atom. The highest BCUT2D eigenvalue weighted by Gasteiger charge is 2.35. The van der Waals surface area contributed by atoms with E-state index in [1.165, 1.54) is 0 Å². The second-order valence-corrected chi connectivity index (χ2v) is 6.16. The molecule has 0 saturated heterocycles. The maximum Gasteiger partial charge on any atom is 0.306 e. The summed E-state index contributed by atoms with van der Waals surface area (Å²) in [5, 5.41) is 11.9. The third-order valence-corrected chi connectivity index (χ3v) is 4.40. The number of aliphatic carboxylic acids is 1. The molecule has 1 saturated carbocycles. The van der Waals surface area contributed by atoms with E-state index < -0.39 is 5.97 Å². The van der Waals surface area contributed by atoms with Crippen molar-refractivity contribution in [3.63, 3.8) is 0 Å². The highest BCUT2D eigenvalue weighted by Crippen LogP contribution is 2.32. The molecule has 1 heterocycles. The van der Waals surface area contributed by atoms with Gasteiger partial charge in [0.25, 0.3) is 0 Å². The molecule has 0 unspecified atom stereocenters. The van der Waals surface area contributed by atoms with Gasteiger partial charge in [0.1, 0.15) is 0 Å². The van der Waals surface area contributed by atoms with Gasteiger partial charge in [-0.3, -0.25) is 9.59 Å². The van der Waals surface area contributed by atoms with Gasteiger partial charge in [0, 0.05) is 18.3 Å². The Bertz CT molecular complexity index is 486. The van der Waals surface area contributed by atoms with Crippen molar-refractivity contribution in [2.24, 2.45) is 11.8 Å². The molecule has 2 rings (SSSR count). The fourth-order valence-corrected chi connectivity index (χ4v) is 3.15. The van der Waals surface area contributed by atoms with Crippen LogP contribution in [0, 0.1) is 18.8 Å². The van der Waals surface area contributed by atoms with Gasteiger partial charge in [0.05, 0.1) is 23.2 Å². The standard InChI is InChI=1S/C13H18N2O3S/c1-8-14-11(7-19-8)6-15(2)12(16)9-3-4-10(5-9)13(17)18/h7,9-10H,3-6H2,1-2H3,(H,17,18)/t9-,10+/m1/s1. The number of carboxylic acids is 1. The fraction of sp³-hybridized carbons (Fsp3) is 0.615. The van der Waals surface area contributed by atoms with Gasteiger partial charge in [-0.1, -0.05) is 0 Å². The molecule has 104 valence electrons. The number of rotatable bonds is 4. The van der Waals surface area contributed by atoms with E-state index >= 15 is 0 Å². The summed E-state index contributed by atoms with van der Waals surface area (Å²) < 4.78 is 0. The van der Waals surface area contributed by atoms with Crippen LogP contribution in [0.1, 0.15) is 30.0 Å². The molecule has 0 radical (unpaired) electrons. The summed E-state index contributed by atoms with van der Waals surface area (Å²) in [4.78, 5) is 29.1. The highest BCUT2D eigenvalue weighted by molar-refractivity contribution is 7.09. The summed E-state index contributed by atoms with van der Waals surface area (Å²) >= 11 is 1.57. The molecule has 5 nitrogen and oxygen atoms in total. The number of thiazole rings is 1. The summed E-state index contributed by atoms with van der Waals surface area (Å²) in [5.74, 6) is -1.25. The predicted octanol–water partition coefficient (Wildman–Crippen LogP) is 1.91. The maximum absolute atomic E-state index is 12.2. The van der Waals surface area contributed by atoms with Gasteiger partial charge in [-0.25, -0.2) is 4.98 Å². The maximum atomic E-state index is 12.2. The molecule has 1 aromatic rings. The molecule has 0 bridgehead atoms. The lowest BCUT2D eigenvalue weighted by molar-refractivity contribution is -0.141. The monoisotopic (exact) mass is 282 g/mol. The summed E-state index contributed by atoms with van der Waals surface area (Å²) in [6.07, 6.45) is 1.75. The molecule has 6 heteroatoms. The summed E-state index contributed by atoms with van der Waals surface area (Å²) in [5.41, 5.74) is 0.895. The van der Waals surface area contributed by atoms with Crippen LogP contribution in [-0.4, -0.2) is 33.9 Å².